The molecule has 2 aromatic carbocycles. The maximum Gasteiger partial charge on any atom is 0.137 e. The highest BCUT2D eigenvalue weighted by Crippen LogP contribution is 2.29. The first-order valence-electron chi connectivity index (χ1n) is 7.89. The number of nitrogens with one attached hydrogen (secondary N) is 1. The molecule has 0 aliphatic rings. The topological polar surface area (TPSA) is 12.0 Å². The zero-order valence-corrected chi connectivity index (χ0v) is 16.9. The van der Waals surface area contributed by atoms with Crippen LogP contribution in [0.25, 0.3) is 0 Å². The van der Waals surface area contributed by atoms with Crippen molar-refractivity contribution in [2.45, 2.75) is 37.1 Å². The van der Waals surface area contributed by atoms with Crippen molar-refractivity contribution < 1.29 is 8.78 Å². The van der Waals surface area contributed by atoms with Crippen LogP contribution in [-0.2, 0) is 13.0 Å². The summed E-state index contributed by atoms with van der Waals surface area (Å²) in [5.41, 5.74) is 2.07. The van der Waals surface area contributed by atoms with Crippen molar-refractivity contribution >= 4 is 37.1 Å². The first-order chi connectivity index (χ1) is 11.6. The largest absolute Gasteiger partial charge is 0.296 e. The molecule has 0 saturated heterocycles. The lowest BCUT2D eigenvalue weighted by molar-refractivity contribution is 0.598. The van der Waals surface area contributed by atoms with E-state index in [9.17, 15) is 8.78 Å². The molecule has 1 unspecified atom stereocenters. The maximum atomic E-state index is 14.1. The Morgan fingerprint density at radius 3 is 2.50 bits per heavy atom. The number of aryl methyl sites for hydroxylation is 1. The first-order valence-corrected chi connectivity index (χ1v) is 10.2. The third-order valence-electron chi connectivity index (χ3n) is 3.67. The Kier molecular flexibility index (Phi) is 8.68. The Morgan fingerprint density at radius 2 is 1.79 bits per heavy atom. The Balaban J connectivity index is 1.70. The predicted molar refractivity (Wildman–Crippen MR) is 105 cm³/mol. The molecule has 0 saturated carbocycles. The molecular weight excluding hydrogens is 411 g/mol. The van der Waals surface area contributed by atoms with E-state index >= 15 is 0 Å². The molecule has 2 rings (SSSR count). The second-order valence-corrected chi connectivity index (χ2v) is 7.94. The van der Waals surface area contributed by atoms with E-state index in [1.54, 1.807) is 17.8 Å². The number of rotatable bonds is 9. The Bertz CT molecular complexity index is 652. The summed E-state index contributed by atoms with van der Waals surface area (Å²) in [6, 6.07) is 10.1. The lowest BCUT2D eigenvalue weighted by Crippen LogP contribution is -2.00. The fourth-order valence-electron chi connectivity index (χ4n) is 2.37. The van der Waals surface area contributed by atoms with Crippen LogP contribution in [0, 0.1) is 11.6 Å². The standard InChI is InChI=1S/C18H21BrF2NPS/c19-16-11-18(17(21)10-14(16)12-22-23)24-9-3-1-2-4-13-5-7-15(20)8-6-13/h5-8,10-11,22H,1-4,9,12,23H2. The van der Waals surface area contributed by atoms with E-state index in [4.69, 9.17) is 0 Å². The van der Waals surface area contributed by atoms with E-state index < -0.39 is 0 Å². The number of unbranched alkanes of at least 4 members (excludes halogenated alkanes) is 2. The van der Waals surface area contributed by atoms with Gasteiger partial charge >= 0.3 is 0 Å². The van der Waals surface area contributed by atoms with Crippen LogP contribution in [-0.4, -0.2) is 5.75 Å². The van der Waals surface area contributed by atoms with Gasteiger partial charge in [-0.3, -0.25) is 5.09 Å². The summed E-state index contributed by atoms with van der Waals surface area (Å²) in [5.74, 6) is 0.543. The molecule has 1 atom stereocenters. The Hall–Kier alpha value is -0.480. The molecular formula is C18H21BrF2NPS. The molecule has 130 valence electrons. The van der Waals surface area contributed by atoms with Crippen molar-refractivity contribution in [3.8, 4) is 0 Å². The molecule has 0 amide bonds. The van der Waals surface area contributed by atoms with E-state index in [0.717, 1.165) is 47.0 Å². The number of thioether (sulfide) groups is 1. The van der Waals surface area contributed by atoms with Crippen molar-refractivity contribution in [2.75, 3.05) is 5.75 Å². The average molecular weight is 432 g/mol. The van der Waals surface area contributed by atoms with Gasteiger partial charge in [0.1, 0.15) is 11.6 Å². The van der Waals surface area contributed by atoms with E-state index in [0.29, 0.717) is 11.4 Å². The van der Waals surface area contributed by atoms with Gasteiger partial charge in [-0.25, -0.2) is 8.78 Å². The quantitative estimate of drug-likeness (QED) is 0.292. The predicted octanol–water partition coefficient (Wildman–Crippen LogP) is 6.11. The molecule has 1 N–H and O–H groups in total. The smallest absolute Gasteiger partial charge is 0.137 e. The van der Waals surface area contributed by atoms with Gasteiger partial charge < -0.3 is 0 Å². The molecule has 0 spiro atoms. The highest BCUT2D eigenvalue weighted by molar-refractivity contribution is 9.10. The van der Waals surface area contributed by atoms with Crippen LogP contribution in [0.2, 0.25) is 0 Å². The monoisotopic (exact) mass is 431 g/mol. The minimum atomic E-state index is -0.192. The highest BCUT2D eigenvalue weighted by atomic mass is 79.9. The summed E-state index contributed by atoms with van der Waals surface area (Å²) in [7, 11) is 2.42. The summed E-state index contributed by atoms with van der Waals surface area (Å²) < 4.78 is 27.8. The minimum absolute atomic E-state index is 0.162. The van der Waals surface area contributed by atoms with Crippen molar-refractivity contribution in [1.29, 1.82) is 0 Å². The first kappa shape index (κ1) is 19.8. The van der Waals surface area contributed by atoms with Crippen molar-refractivity contribution in [2.24, 2.45) is 0 Å². The molecule has 2 aromatic rings. The third kappa shape index (κ3) is 6.44. The van der Waals surface area contributed by atoms with Crippen LogP contribution >= 0.6 is 37.1 Å². The van der Waals surface area contributed by atoms with Gasteiger partial charge in [0.2, 0.25) is 0 Å². The lowest BCUT2D eigenvalue weighted by atomic mass is 10.1. The van der Waals surface area contributed by atoms with Gasteiger partial charge in [-0.15, -0.1) is 11.8 Å². The van der Waals surface area contributed by atoms with E-state index in [-0.39, 0.29) is 11.6 Å². The number of halogens is 3. The molecule has 0 radical (unpaired) electrons. The molecule has 0 aliphatic heterocycles. The van der Waals surface area contributed by atoms with E-state index in [1.165, 1.54) is 12.1 Å². The zero-order chi connectivity index (χ0) is 17.4. The van der Waals surface area contributed by atoms with Crippen LogP contribution < -0.4 is 5.09 Å². The maximum absolute atomic E-state index is 14.1. The van der Waals surface area contributed by atoms with Gasteiger partial charge in [0.25, 0.3) is 0 Å². The lowest BCUT2D eigenvalue weighted by Gasteiger charge is -2.09. The summed E-state index contributed by atoms with van der Waals surface area (Å²) in [5, 5.41) is 2.95. The van der Waals surface area contributed by atoms with Gasteiger partial charge in [0, 0.05) is 15.9 Å². The number of hydrogen-bond donors (Lipinski definition) is 1. The molecule has 0 fully saturated rings. The summed E-state index contributed by atoms with van der Waals surface area (Å²) in [6.45, 7) is 0.608. The van der Waals surface area contributed by atoms with Gasteiger partial charge in [-0.2, -0.15) is 0 Å². The number of hydrogen-bond acceptors (Lipinski definition) is 2. The van der Waals surface area contributed by atoms with Gasteiger partial charge in [0.15, 0.2) is 0 Å². The van der Waals surface area contributed by atoms with Crippen LogP contribution in [0.4, 0.5) is 8.78 Å². The summed E-state index contributed by atoms with van der Waals surface area (Å²) in [4.78, 5) is 0.688. The fourth-order valence-corrected chi connectivity index (χ4v) is 4.19. The molecule has 0 aliphatic carbocycles. The summed E-state index contributed by atoms with van der Waals surface area (Å²) >= 11 is 5.05. The Morgan fingerprint density at radius 1 is 1.04 bits per heavy atom. The van der Waals surface area contributed by atoms with E-state index in [2.05, 4.69) is 30.4 Å². The van der Waals surface area contributed by atoms with Gasteiger partial charge in [0.05, 0.1) is 0 Å². The van der Waals surface area contributed by atoms with Crippen LogP contribution in [0.15, 0.2) is 45.8 Å². The average Bonchev–Trinajstić information content (AvgIpc) is 2.56. The summed E-state index contributed by atoms with van der Waals surface area (Å²) in [6.07, 6.45) is 4.15. The normalized spacial score (nSPS) is 11.0. The molecule has 0 bridgehead atoms. The Labute approximate surface area is 157 Å². The molecule has 1 nitrogen and oxygen atoms in total. The zero-order valence-electron chi connectivity index (χ0n) is 13.3. The molecule has 0 heterocycles. The number of benzene rings is 2. The second-order valence-electron chi connectivity index (χ2n) is 5.54. The SMILES string of the molecule is Fc1ccc(CCCCCSc2cc(Br)c(CNP)cc2F)cc1. The van der Waals surface area contributed by atoms with Crippen LogP contribution in [0.1, 0.15) is 30.4 Å². The molecule has 0 aromatic heterocycles. The van der Waals surface area contributed by atoms with Crippen LogP contribution in [0.3, 0.4) is 0 Å². The van der Waals surface area contributed by atoms with Crippen molar-refractivity contribution in [3.63, 3.8) is 0 Å². The van der Waals surface area contributed by atoms with Crippen molar-refractivity contribution in [3.05, 3.63) is 63.6 Å². The fraction of sp³-hybridized carbons (Fsp3) is 0.333. The minimum Gasteiger partial charge on any atom is -0.296 e. The van der Waals surface area contributed by atoms with E-state index in [1.807, 2.05) is 18.2 Å². The van der Waals surface area contributed by atoms with Crippen LogP contribution in [0.5, 0.6) is 0 Å². The second kappa shape index (κ2) is 10.5. The molecule has 6 heteroatoms. The van der Waals surface area contributed by atoms with Gasteiger partial charge in [-0.05, 0) is 60.4 Å². The van der Waals surface area contributed by atoms with Crippen molar-refractivity contribution in [1.82, 2.24) is 5.09 Å². The third-order valence-corrected chi connectivity index (χ3v) is 5.73. The molecule has 24 heavy (non-hydrogen) atoms. The van der Waals surface area contributed by atoms with Gasteiger partial charge in [-0.1, -0.05) is 43.9 Å². The highest BCUT2D eigenvalue weighted by Gasteiger charge is 2.08.